The van der Waals surface area contributed by atoms with Crippen molar-refractivity contribution in [3.8, 4) is 5.75 Å². The van der Waals surface area contributed by atoms with E-state index in [1.807, 2.05) is 40.1 Å². The first-order valence-corrected chi connectivity index (χ1v) is 9.10. The lowest BCUT2D eigenvalue weighted by Crippen LogP contribution is -2.52. The fraction of sp³-hybridized carbons (Fsp3) is 0.579. The van der Waals surface area contributed by atoms with E-state index in [0.717, 1.165) is 18.6 Å². The van der Waals surface area contributed by atoms with Gasteiger partial charge in [0.05, 0.1) is 6.61 Å². The van der Waals surface area contributed by atoms with Crippen LogP contribution in [-0.2, 0) is 14.3 Å². The van der Waals surface area contributed by atoms with Crippen LogP contribution in [0.4, 0.5) is 0 Å². The molecule has 1 aromatic carbocycles. The minimum absolute atomic E-state index is 0.0841. The van der Waals surface area contributed by atoms with Crippen molar-refractivity contribution in [2.75, 3.05) is 39.4 Å². The van der Waals surface area contributed by atoms with Crippen LogP contribution in [0.5, 0.6) is 5.75 Å². The van der Waals surface area contributed by atoms with Gasteiger partial charge in [0, 0.05) is 39.2 Å². The van der Waals surface area contributed by atoms with Gasteiger partial charge in [0.1, 0.15) is 11.9 Å². The standard InChI is InChI=1S/C19H26N2O4/c22-18(9-5-14-24-16-6-2-1-3-7-16)20-10-12-21(13-11-20)19(23)17-8-4-15-25-17/h1-3,6-7,17H,4-5,8-15H2/t17-/m1/s1. The largest absolute Gasteiger partial charge is 0.494 e. The minimum atomic E-state index is -0.266. The summed E-state index contributed by atoms with van der Waals surface area (Å²) >= 11 is 0. The number of hydrogen-bond acceptors (Lipinski definition) is 4. The van der Waals surface area contributed by atoms with E-state index in [9.17, 15) is 9.59 Å². The molecule has 0 bridgehead atoms. The van der Waals surface area contributed by atoms with Crippen molar-refractivity contribution in [1.82, 2.24) is 9.80 Å². The Morgan fingerprint density at radius 3 is 2.48 bits per heavy atom. The summed E-state index contributed by atoms with van der Waals surface area (Å²) < 4.78 is 11.1. The van der Waals surface area contributed by atoms with E-state index in [1.165, 1.54) is 0 Å². The molecule has 2 aliphatic heterocycles. The van der Waals surface area contributed by atoms with Crippen molar-refractivity contribution in [3.63, 3.8) is 0 Å². The summed E-state index contributed by atoms with van der Waals surface area (Å²) in [4.78, 5) is 28.3. The van der Waals surface area contributed by atoms with Crippen molar-refractivity contribution < 1.29 is 19.1 Å². The average molecular weight is 346 g/mol. The van der Waals surface area contributed by atoms with Gasteiger partial charge in [0.2, 0.25) is 5.91 Å². The van der Waals surface area contributed by atoms with Crippen LogP contribution in [-0.4, -0.2) is 67.1 Å². The Labute approximate surface area is 148 Å². The number of para-hydroxylation sites is 1. The van der Waals surface area contributed by atoms with Crippen LogP contribution in [0.1, 0.15) is 25.7 Å². The van der Waals surface area contributed by atoms with Crippen LogP contribution < -0.4 is 4.74 Å². The molecule has 2 fully saturated rings. The highest BCUT2D eigenvalue weighted by molar-refractivity contribution is 5.82. The lowest BCUT2D eigenvalue weighted by molar-refractivity contribution is -0.146. The van der Waals surface area contributed by atoms with E-state index in [1.54, 1.807) is 0 Å². The second kappa shape index (κ2) is 8.85. The molecule has 3 rings (SSSR count). The molecule has 6 nitrogen and oxygen atoms in total. The second-order valence-corrected chi connectivity index (χ2v) is 6.47. The lowest BCUT2D eigenvalue weighted by Gasteiger charge is -2.35. The maximum atomic E-state index is 12.3. The number of hydrogen-bond donors (Lipinski definition) is 0. The molecule has 0 spiro atoms. The van der Waals surface area contributed by atoms with Crippen LogP contribution in [0.15, 0.2) is 30.3 Å². The van der Waals surface area contributed by atoms with Gasteiger partial charge >= 0.3 is 0 Å². The molecule has 2 saturated heterocycles. The third-order valence-electron chi connectivity index (χ3n) is 4.70. The van der Waals surface area contributed by atoms with Gasteiger partial charge in [-0.1, -0.05) is 18.2 Å². The van der Waals surface area contributed by atoms with Crippen LogP contribution in [0.25, 0.3) is 0 Å². The summed E-state index contributed by atoms with van der Waals surface area (Å²) in [5, 5.41) is 0. The van der Waals surface area contributed by atoms with E-state index in [-0.39, 0.29) is 17.9 Å². The highest BCUT2D eigenvalue weighted by Gasteiger charge is 2.31. The summed E-state index contributed by atoms with van der Waals surface area (Å²) in [6.45, 7) is 3.64. The van der Waals surface area contributed by atoms with Crippen molar-refractivity contribution in [2.24, 2.45) is 0 Å². The molecule has 0 saturated carbocycles. The van der Waals surface area contributed by atoms with E-state index in [2.05, 4.69) is 0 Å². The Balaban J connectivity index is 1.33. The van der Waals surface area contributed by atoms with Gasteiger partial charge in [-0.2, -0.15) is 0 Å². The van der Waals surface area contributed by atoms with Crippen LogP contribution in [0.3, 0.4) is 0 Å². The zero-order chi connectivity index (χ0) is 17.5. The first kappa shape index (κ1) is 17.7. The summed E-state index contributed by atoms with van der Waals surface area (Å²) in [6.07, 6.45) is 2.69. The van der Waals surface area contributed by atoms with Gasteiger partial charge < -0.3 is 19.3 Å². The van der Waals surface area contributed by atoms with Crippen LogP contribution in [0.2, 0.25) is 0 Å². The zero-order valence-electron chi connectivity index (χ0n) is 14.6. The Kier molecular flexibility index (Phi) is 6.28. The Hall–Kier alpha value is -2.08. The molecule has 25 heavy (non-hydrogen) atoms. The molecule has 1 atom stereocenters. The zero-order valence-corrected chi connectivity index (χ0v) is 14.6. The Morgan fingerprint density at radius 2 is 1.80 bits per heavy atom. The number of amides is 2. The third kappa shape index (κ3) is 4.95. The fourth-order valence-corrected chi connectivity index (χ4v) is 3.24. The molecular weight excluding hydrogens is 320 g/mol. The highest BCUT2D eigenvalue weighted by atomic mass is 16.5. The van der Waals surface area contributed by atoms with Crippen molar-refractivity contribution in [2.45, 2.75) is 31.8 Å². The normalized spacial score (nSPS) is 20.6. The lowest BCUT2D eigenvalue weighted by atomic mass is 10.2. The van der Waals surface area contributed by atoms with Gasteiger partial charge in [-0.15, -0.1) is 0 Å². The van der Waals surface area contributed by atoms with Crippen molar-refractivity contribution >= 4 is 11.8 Å². The predicted molar refractivity (Wildman–Crippen MR) is 93.3 cm³/mol. The predicted octanol–water partition coefficient (Wildman–Crippen LogP) is 1.70. The van der Waals surface area contributed by atoms with Crippen LogP contribution in [0, 0.1) is 0 Å². The van der Waals surface area contributed by atoms with E-state index in [4.69, 9.17) is 9.47 Å². The number of piperazine rings is 1. The Morgan fingerprint density at radius 1 is 1.08 bits per heavy atom. The molecule has 0 unspecified atom stereocenters. The number of ether oxygens (including phenoxy) is 2. The van der Waals surface area contributed by atoms with Crippen molar-refractivity contribution in [1.29, 1.82) is 0 Å². The summed E-state index contributed by atoms with van der Waals surface area (Å²) in [6, 6.07) is 9.62. The summed E-state index contributed by atoms with van der Waals surface area (Å²) in [5.41, 5.74) is 0. The number of carbonyl (C=O) groups is 2. The minimum Gasteiger partial charge on any atom is -0.494 e. The second-order valence-electron chi connectivity index (χ2n) is 6.47. The number of benzene rings is 1. The fourth-order valence-electron chi connectivity index (χ4n) is 3.24. The molecular formula is C19H26N2O4. The van der Waals surface area contributed by atoms with Gasteiger partial charge in [0.25, 0.3) is 5.91 Å². The maximum absolute atomic E-state index is 12.3. The first-order valence-electron chi connectivity index (χ1n) is 9.10. The highest BCUT2D eigenvalue weighted by Crippen LogP contribution is 2.16. The van der Waals surface area contributed by atoms with E-state index >= 15 is 0 Å². The van der Waals surface area contributed by atoms with Gasteiger partial charge in [-0.25, -0.2) is 0 Å². The molecule has 1 aromatic rings. The topological polar surface area (TPSA) is 59.1 Å². The van der Waals surface area contributed by atoms with Gasteiger partial charge in [-0.05, 0) is 31.4 Å². The number of carbonyl (C=O) groups excluding carboxylic acids is 2. The maximum Gasteiger partial charge on any atom is 0.251 e. The molecule has 0 radical (unpaired) electrons. The monoisotopic (exact) mass is 346 g/mol. The molecule has 0 aliphatic carbocycles. The number of rotatable bonds is 6. The SMILES string of the molecule is O=C(CCCOc1ccccc1)N1CCN(C(=O)[C@H]2CCCO2)CC1. The molecule has 136 valence electrons. The first-order chi connectivity index (χ1) is 12.2. The summed E-state index contributed by atoms with van der Waals surface area (Å²) in [7, 11) is 0. The van der Waals surface area contributed by atoms with E-state index in [0.29, 0.717) is 52.2 Å². The molecule has 0 N–H and O–H groups in total. The molecule has 0 aromatic heterocycles. The van der Waals surface area contributed by atoms with Crippen LogP contribution >= 0.6 is 0 Å². The molecule has 6 heteroatoms. The molecule has 2 aliphatic rings. The third-order valence-corrected chi connectivity index (χ3v) is 4.70. The number of nitrogens with zero attached hydrogens (tertiary/aromatic N) is 2. The quantitative estimate of drug-likeness (QED) is 0.736. The summed E-state index contributed by atoms with van der Waals surface area (Å²) in [5.74, 6) is 1.05. The van der Waals surface area contributed by atoms with E-state index < -0.39 is 0 Å². The Bertz CT molecular complexity index is 564. The average Bonchev–Trinajstić information content (AvgIpc) is 3.20. The van der Waals surface area contributed by atoms with Gasteiger partial charge in [-0.3, -0.25) is 9.59 Å². The van der Waals surface area contributed by atoms with Crippen molar-refractivity contribution in [3.05, 3.63) is 30.3 Å². The smallest absolute Gasteiger partial charge is 0.251 e. The molecule has 2 heterocycles. The van der Waals surface area contributed by atoms with Gasteiger partial charge in [0.15, 0.2) is 0 Å². The molecule has 2 amide bonds.